The summed E-state index contributed by atoms with van der Waals surface area (Å²) in [4.78, 5) is 9.29. The van der Waals surface area contributed by atoms with Gasteiger partial charge in [0.05, 0.1) is 11.4 Å². The smallest absolute Gasteiger partial charge is 0.124 e. The second-order valence-corrected chi connectivity index (χ2v) is 7.29. The minimum absolute atomic E-state index is 0.192. The molecule has 0 aliphatic heterocycles. The van der Waals surface area contributed by atoms with E-state index in [1.165, 1.54) is 0 Å². The molecular formula is C26H22N2O2. The van der Waals surface area contributed by atoms with E-state index in [9.17, 15) is 10.2 Å². The van der Waals surface area contributed by atoms with Crippen molar-refractivity contribution in [2.45, 2.75) is 13.8 Å². The van der Waals surface area contributed by atoms with Crippen LogP contribution in [-0.2, 0) is 0 Å². The van der Waals surface area contributed by atoms with Crippen LogP contribution in [0.15, 0.2) is 82.8 Å². The van der Waals surface area contributed by atoms with E-state index in [0.717, 1.165) is 33.3 Å². The van der Waals surface area contributed by atoms with Gasteiger partial charge in [-0.25, -0.2) is 0 Å². The van der Waals surface area contributed by atoms with Crippen molar-refractivity contribution in [3.63, 3.8) is 0 Å². The molecule has 0 aliphatic rings. The Morgan fingerprint density at radius 1 is 0.633 bits per heavy atom. The van der Waals surface area contributed by atoms with Gasteiger partial charge in [0.15, 0.2) is 0 Å². The first-order valence-corrected chi connectivity index (χ1v) is 9.70. The van der Waals surface area contributed by atoms with Crippen LogP contribution in [0.1, 0.15) is 22.3 Å². The number of phenolic OH excluding ortho intramolecular Hbond substituents is 2. The van der Waals surface area contributed by atoms with Crippen LogP contribution in [0, 0.1) is 13.8 Å². The lowest BCUT2D eigenvalue weighted by Crippen LogP contribution is -1.85. The van der Waals surface area contributed by atoms with Gasteiger partial charge >= 0.3 is 0 Å². The molecule has 148 valence electrons. The highest BCUT2D eigenvalue weighted by Gasteiger charge is 2.06. The first-order valence-electron chi connectivity index (χ1n) is 9.70. The molecule has 0 atom stereocenters. The molecule has 0 saturated carbocycles. The maximum Gasteiger partial charge on any atom is 0.124 e. The summed E-state index contributed by atoms with van der Waals surface area (Å²) in [5, 5.41) is 22.1. The quantitative estimate of drug-likeness (QED) is 0.395. The maximum absolute atomic E-state index is 10.1. The average Bonchev–Trinajstić information content (AvgIpc) is 2.75. The molecule has 4 nitrogen and oxygen atoms in total. The number of aryl methyl sites for hydroxylation is 2. The summed E-state index contributed by atoms with van der Waals surface area (Å²) in [5.41, 5.74) is 4.95. The van der Waals surface area contributed by atoms with Gasteiger partial charge in [-0.15, -0.1) is 0 Å². The summed E-state index contributed by atoms with van der Waals surface area (Å²) in [5.74, 6) is 0.385. The van der Waals surface area contributed by atoms with Crippen LogP contribution in [0.4, 0.5) is 11.4 Å². The highest BCUT2D eigenvalue weighted by molar-refractivity contribution is 6.04. The molecule has 30 heavy (non-hydrogen) atoms. The van der Waals surface area contributed by atoms with Crippen LogP contribution in [0.5, 0.6) is 11.5 Å². The van der Waals surface area contributed by atoms with E-state index in [0.29, 0.717) is 11.1 Å². The molecule has 0 heterocycles. The van der Waals surface area contributed by atoms with Crippen molar-refractivity contribution >= 4 is 34.6 Å². The first kappa shape index (κ1) is 19.4. The Labute approximate surface area is 175 Å². The Kier molecular flexibility index (Phi) is 5.31. The molecular weight excluding hydrogens is 372 g/mol. The van der Waals surface area contributed by atoms with Gasteiger partial charge in [0.1, 0.15) is 11.5 Å². The van der Waals surface area contributed by atoms with Crippen LogP contribution in [0.3, 0.4) is 0 Å². The third kappa shape index (κ3) is 4.08. The lowest BCUT2D eigenvalue weighted by atomic mass is 10.1. The predicted octanol–water partition coefficient (Wildman–Crippen LogP) is 6.37. The molecule has 2 N–H and O–H groups in total. The van der Waals surface area contributed by atoms with Gasteiger partial charge in [0.25, 0.3) is 0 Å². The summed E-state index contributed by atoms with van der Waals surface area (Å²) in [6.07, 6.45) is 3.34. The Morgan fingerprint density at radius 3 is 1.57 bits per heavy atom. The topological polar surface area (TPSA) is 65.2 Å². The van der Waals surface area contributed by atoms with E-state index in [1.807, 2.05) is 74.5 Å². The summed E-state index contributed by atoms with van der Waals surface area (Å²) in [6.45, 7) is 3.95. The normalized spacial score (nSPS) is 11.7. The SMILES string of the molecule is Cc1ccc(O)c(C=Nc2cccc3cccc(N=Cc4cc(C)ccc4O)c23)c1. The summed E-state index contributed by atoms with van der Waals surface area (Å²) >= 11 is 0. The van der Waals surface area contributed by atoms with Gasteiger partial charge in [-0.3, -0.25) is 9.98 Å². The summed E-state index contributed by atoms with van der Waals surface area (Å²) < 4.78 is 0. The zero-order valence-electron chi connectivity index (χ0n) is 16.9. The van der Waals surface area contributed by atoms with Crippen LogP contribution in [-0.4, -0.2) is 22.6 Å². The number of benzene rings is 4. The van der Waals surface area contributed by atoms with Crippen LogP contribution < -0.4 is 0 Å². The molecule has 0 unspecified atom stereocenters. The largest absolute Gasteiger partial charge is 0.507 e. The molecule has 0 aromatic heterocycles. The minimum Gasteiger partial charge on any atom is -0.507 e. The Hall–Kier alpha value is -3.92. The molecule has 4 rings (SSSR count). The average molecular weight is 394 g/mol. The third-order valence-corrected chi connectivity index (χ3v) is 4.91. The Balaban J connectivity index is 1.79. The molecule has 0 fully saturated rings. The molecule has 0 radical (unpaired) electrons. The molecule has 4 aromatic rings. The van der Waals surface area contributed by atoms with Gasteiger partial charge in [-0.05, 0) is 55.6 Å². The first-order chi connectivity index (χ1) is 14.5. The molecule has 0 aliphatic carbocycles. The molecule has 0 saturated heterocycles. The van der Waals surface area contributed by atoms with E-state index in [-0.39, 0.29) is 11.5 Å². The van der Waals surface area contributed by atoms with Crippen molar-refractivity contribution < 1.29 is 10.2 Å². The van der Waals surface area contributed by atoms with Crippen molar-refractivity contribution in [1.29, 1.82) is 0 Å². The molecule has 0 bridgehead atoms. The number of fused-ring (bicyclic) bond motifs is 1. The standard InChI is InChI=1S/C26H22N2O2/c1-17-9-11-24(29)20(13-17)15-27-22-7-3-5-19-6-4-8-23(26(19)22)28-16-21-14-18(2)10-12-25(21)30/h3-16,29-30H,1-2H3. The maximum atomic E-state index is 10.1. The molecule has 0 spiro atoms. The van der Waals surface area contributed by atoms with E-state index in [4.69, 9.17) is 0 Å². The van der Waals surface area contributed by atoms with E-state index < -0.39 is 0 Å². The van der Waals surface area contributed by atoms with Crippen molar-refractivity contribution in [1.82, 2.24) is 0 Å². The fraction of sp³-hybridized carbons (Fsp3) is 0.0769. The lowest BCUT2D eigenvalue weighted by molar-refractivity contribution is 0.474. The summed E-state index contributed by atoms with van der Waals surface area (Å²) in [7, 11) is 0. The van der Waals surface area contributed by atoms with Gasteiger partial charge in [0, 0.05) is 28.9 Å². The Morgan fingerprint density at radius 2 is 1.10 bits per heavy atom. The van der Waals surface area contributed by atoms with Crippen molar-refractivity contribution in [2.75, 3.05) is 0 Å². The molecule has 0 amide bonds. The van der Waals surface area contributed by atoms with Crippen molar-refractivity contribution in [3.05, 3.63) is 95.1 Å². The number of aromatic hydroxyl groups is 2. The Bertz CT molecular complexity index is 1190. The second kappa shape index (κ2) is 8.21. The monoisotopic (exact) mass is 394 g/mol. The minimum atomic E-state index is 0.192. The van der Waals surface area contributed by atoms with Crippen molar-refractivity contribution in [2.24, 2.45) is 9.98 Å². The van der Waals surface area contributed by atoms with E-state index in [1.54, 1.807) is 24.6 Å². The third-order valence-electron chi connectivity index (χ3n) is 4.91. The number of nitrogens with zero attached hydrogens (tertiary/aromatic N) is 2. The fourth-order valence-electron chi connectivity index (χ4n) is 3.35. The van der Waals surface area contributed by atoms with Crippen molar-refractivity contribution in [3.8, 4) is 11.5 Å². The van der Waals surface area contributed by atoms with Gasteiger partial charge < -0.3 is 10.2 Å². The van der Waals surface area contributed by atoms with Gasteiger partial charge in [-0.2, -0.15) is 0 Å². The zero-order valence-corrected chi connectivity index (χ0v) is 16.9. The number of hydrogen-bond acceptors (Lipinski definition) is 4. The zero-order chi connectivity index (χ0) is 21.1. The highest BCUT2D eigenvalue weighted by atomic mass is 16.3. The van der Waals surface area contributed by atoms with Crippen LogP contribution >= 0.6 is 0 Å². The number of phenols is 2. The van der Waals surface area contributed by atoms with Crippen LogP contribution in [0.2, 0.25) is 0 Å². The highest BCUT2D eigenvalue weighted by Crippen LogP contribution is 2.34. The predicted molar refractivity (Wildman–Crippen MR) is 124 cm³/mol. The summed E-state index contributed by atoms with van der Waals surface area (Å²) in [6, 6.07) is 22.6. The molecule has 4 aromatic carbocycles. The van der Waals surface area contributed by atoms with Gasteiger partial charge in [-0.1, -0.05) is 47.5 Å². The van der Waals surface area contributed by atoms with E-state index >= 15 is 0 Å². The number of hydrogen-bond donors (Lipinski definition) is 2. The second-order valence-electron chi connectivity index (χ2n) is 7.29. The van der Waals surface area contributed by atoms with Gasteiger partial charge in [0.2, 0.25) is 0 Å². The fourth-order valence-corrected chi connectivity index (χ4v) is 3.35. The van der Waals surface area contributed by atoms with Crippen LogP contribution in [0.25, 0.3) is 10.8 Å². The number of aliphatic imine (C=N–C) groups is 2. The lowest BCUT2D eigenvalue weighted by Gasteiger charge is -2.07. The molecule has 4 heteroatoms. The number of rotatable bonds is 4. The van der Waals surface area contributed by atoms with E-state index in [2.05, 4.69) is 9.98 Å².